The number of hydrogen-bond donors (Lipinski definition) is 2. The highest BCUT2D eigenvalue weighted by molar-refractivity contribution is 5.89. The van der Waals surface area contributed by atoms with E-state index < -0.39 is 0 Å². The highest BCUT2D eigenvalue weighted by Crippen LogP contribution is 2.33. The normalized spacial score (nSPS) is 18.1. The molecule has 1 fully saturated rings. The predicted molar refractivity (Wildman–Crippen MR) is 81.0 cm³/mol. The van der Waals surface area contributed by atoms with E-state index in [1.165, 1.54) is 0 Å². The maximum atomic E-state index is 7.72. The smallest absolute Gasteiger partial charge is 0.139 e. The lowest BCUT2D eigenvalue weighted by molar-refractivity contribution is 0.350. The fourth-order valence-electron chi connectivity index (χ4n) is 2.72. The number of fused-ring (bicyclic) bond motifs is 1. The van der Waals surface area contributed by atoms with Crippen LogP contribution >= 0.6 is 0 Å². The molecule has 2 heterocycles. The van der Waals surface area contributed by atoms with Crippen LogP contribution in [0.5, 0.6) is 0 Å². The third-order valence-corrected chi connectivity index (χ3v) is 4.34. The molecule has 0 aliphatic carbocycles. The number of anilines is 1. The Bertz CT molecular complexity index is 638. The molecular weight excluding hydrogens is 250 g/mol. The molecule has 0 unspecified atom stereocenters. The number of aromatic nitrogens is 2. The van der Waals surface area contributed by atoms with E-state index in [0.717, 1.165) is 42.7 Å². The zero-order valence-corrected chi connectivity index (χ0v) is 11.6. The van der Waals surface area contributed by atoms with Crippen molar-refractivity contribution in [3.05, 3.63) is 30.6 Å². The standard InChI is InChI=1S/C15H19N5/c1-15(14(16)17)6-8-20(9-7-15)13-11-4-2-3-5-12(11)18-10-19-13/h2-5,10H,6-9H2,1H3,(H3,16,17). The summed E-state index contributed by atoms with van der Waals surface area (Å²) in [6.07, 6.45) is 3.40. The van der Waals surface area contributed by atoms with Crippen LogP contribution < -0.4 is 10.6 Å². The number of nitrogens with one attached hydrogen (secondary N) is 1. The molecule has 5 heteroatoms. The lowest BCUT2D eigenvalue weighted by Crippen LogP contribution is -2.45. The Hall–Kier alpha value is -2.17. The van der Waals surface area contributed by atoms with E-state index in [-0.39, 0.29) is 5.41 Å². The second kappa shape index (κ2) is 4.74. The summed E-state index contributed by atoms with van der Waals surface area (Å²) in [6.45, 7) is 3.82. The number of para-hydroxylation sites is 1. The Morgan fingerprint density at radius 3 is 2.65 bits per heavy atom. The molecule has 1 aromatic heterocycles. The first kappa shape index (κ1) is 12.8. The van der Waals surface area contributed by atoms with Gasteiger partial charge < -0.3 is 10.6 Å². The van der Waals surface area contributed by atoms with Gasteiger partial charge in [-0.3, -0.25) is 5.41 Å². The first-order valence-electron chi connectivity index (χ1n) is 6.89. The molecule has 3 rings (SSSR count). The van der Waals surface area contributed by atoms with Crippen molar-refractivity contribution in [2.24, 2.45) is 11.1 Å². The minimum atomic E-state index is -0.167. The van der Waals surface area contributed by atoms with E-state index in [1.54, 1.807) is 6.33 Å². The van der Waals surface area contributed by atoms with E-state index >= 15 is 0 Å². The van der Waals surface area contributed by atoms with Crippen LogP contribution in [0.4, 0.5) is 5.82 Å². The molecule has 20 heavy (non-hydrogen) atoms. The quantitative estimate of drug-likeness (QED) is 0.647. The van der Waals surface area contributed by atoms with E-state index in [0.29, 0.717) is 5.84 Å². The largest absolute Gasteiger partial charge is 0.387 e. The van der Waals surface area contributed by atoms with Gasteiger partial charge in [0, 0.05) is 23.9 Å². The lowest BCUT2D eigenvalue weighted by Gasteiger charge is -2.39. The number of piperidine rings is 1. The highest BCUT2D eigenvalue weighted by Gasteiger charge is 2.33. The molecule has 0 amide bonds. The average molecular weight is 269 g/mol. The Balaban J connectivity index is 1.89. The van der Waals surface area contributed by atoms with Crippen molar-refractivity contribution in [3.8, 4) is 0 Å². The molecule has 5 nitrogen and oxygen atoms in total. The Morgan fingerprint density at radius 1 is 1.25 bits per heavy atom. The van der Waals surface area contributed by atoms with Gasteiger partial charge >= 0.3 is 0 Å². The maximum absolute atomic E-state index is 7.72. The van der Waals surface area contributed by atoms with Gasteiger partial charge in [0.15, 0.2) is 0 Å². The average Bonchev–Trinajstić information content (AvgIpc) is 2.47. The Kier molecular flexibility index (Phi) is 3.04. The van der Waals surface area contributed by atoms with Crippen molar-refractivity contribution in [1.82, 2.24) is 9.97 Å². The van der Waals surface area contributed by atoms with Crippen LogP contribution in [0.3, 0.4) is 0 Å². The third kappa shape index (κ3) is 2.09. The summed E-state index contributed by atoms with van der Waals surface area (Å²) >= 11 is 0. The van der Waals surface area contributed by atoms with Crippen molar-refractivity contribution >= 4 is 22.6 Å². The van der Waals surface area contributed by atoms with Crippen molar-refractivity contribution < 1.29 is 0 Å². The minimum Gasteiger partial charge on any atom is -0.387 e. The van der Waals surface area contributed by atoms with Gasteiger partial charge in [0.2, 0.25) is 0 Å². The molecular formula is C15H19N5. The second-order valence-electron chi connectivity index (χ2n) is 5.68. The monoisotopic (exact) mass is 269 g/mol. The van der Waals surface area contributed by atoms with Crippen LogP contribution in [0.1, 0.15) is 19.8 Å². The summed E-state index contributed by atoms with van der Waals surface area (Å²) in [5.41, 5.74) is 6.52. The Morgan fingerprint density at radius 2 is 1.95 bits per heavy atom. The Labute approximate surface area is 118 Å². The van der Waals surface area contributed by atoms with Gasteiger partial charge in [-0.1, -0.05) is 19.1 Å². The van der Waals surface area contributed by atoms with Gasteiger partial charge in [-0.05, 0) is 25.0 Å². The molecule has 1 aliphatic heterocycles. The first-order chi connectivity index (χ1) is 9.60. The highest BCUT2D eigenvalue weighted by atomic mass is 15.2. The van der Waals surface area contributed by atoms with E-state index in [1.807, 2.05) is 18.2 Å². The fraction of sp³-hybridized carbons (Fsp3) is 0.400. The van der Waals surface area contributed by atoms with Crippen molar-refractivity contribution in [2.75, 3.05) is 18.0 Å². The molecule has 1 aromatic carbocycles. The van der Waals surface area contributed by atoms with Gasteiger partial charge in [-0.2, -0.15) is 0 Å². The summed E-state index contributed by atoms with van der Waals surface area (Å²) in [5.74, 6) is 1.28. The molecule has 0 radical (unpaired) electrons. The summed E-state index contributed by atoms with van der Waals surface area (Å²) in [6, 6.07) is 8.06. The number of benzene rings is 1. The van der Waals surface area contributed by atoms with Crippen LogP contribution in [-0.2, 0) is 0 Å². The van der Waals surface area contributed by atoms with Crippen LogP contribution in [0.15, 0.2) is 30.6 Å². The summed E-state index contributed by atoms with van der Waals surface area (Å²) in [7, 11) is 0. The van der Waals surface area contributed by atoms with Gasteiger partial charge in [0.25, 0.3) is 0 Å². The summed E-state index contributed by atoms with van der Waals surface area (Å²) in [4.78, 5) is 11.0. The number of hydrogen-bond acceptors (Lipinski definition) is 4. The zero-order chi connectivity index (χ0) is 14.2. The van der Waals surface area contributed by atoms with Crippen LogP contribution in [0.2, 0.25) is 0 Å². The van der Waals surface area contributed by atoms with Gasteiger partial charge in [-0.15, -0.1) is 0 Å². The molecule has 0 spiro atoms. The summed E-state index contributed by atoms with van der Waals surface area (Å²) < 4.78 is 0. The van der Waals surface area contributed by atoms with Crippen LogP contribution in [0, 0.1) is 10.8 Å². The number of nitrogens with two attached hydrogens (primary N) is 1. The molecule has 1 saturated heterocycles. The molecule has 0 atom stereocenters. The van der Waals surface area contributed by atoms with E-state index in [2.05, 4.69) is 27.9 Å². The van der Waals surface area contributed by atoms with Crippen LogP contribution in [-0.4, -0.2) is 28.9 Å². The number of rotatable bonds is 2. The lowest BCUT2D eigenvalue weighted by atomic mass is 9.79. The molecule has 0 saturated carbocycles. The molecule has 0 bridgehead atoms. The summed E-state index contributed by atoms with van der Waals surface area (Å²) in [5, 5.41) is 8.81. The minimum absolute atomic E-state index is 0.167. The molecule has 104 valence electrons. The molecule has 2 aromatic rings. The SMILES string of the molecule is CC1(C(=N)N)CCN(c2ncnc3ccccc23)CC1. The topological polar surface area (TPSA) is 78.9 Å². The van der Waals surface area contributed by atoms with Crippen molar-refractivity contribution in [3.63, 3.8) is 0 Å². The fourth-order valence-corrected chi connectivity index (χ4v) is 2.72. The third-order valence-electron chi connectivity index (χ3n) is 4.34. The van der Waals surface area contributed by atoms with Gasteiger partial charge in [0.05, 0.1) is 11.4 Å². The zero-order valence-electron chi connectivity index (χ0n) is 11.6. The molecule has 3 N–H and O–H groups in total. The van der Waals surface area contributed by atoms with Crippen molar-refractivity contribution in [1.29, 1.82) is 5.41 Å². The van der Waals surface area contributed by atoms with Crippen molar-refractivity contribution in [2.45, 2.75) is 19.8 Å². The first-order valence-corrected chi connectivity index (χ1v) is 6.89. The van der Waals surface area contributed by atoms with Gasteiger partial charge in [-0.25, -0.2) is 9.97 Å². The van der Waals surface area contributed by atoms with E-state index in [4.69, 9.17) is 11.1 Å². The molecule has 1 aliphatic rings. The predicted octanol–water partition coefficient (Wildman–Crippen LogP) is 2.17. The van der Waals surface area contributed by atoms with Gasteiger partial charge in [0.1, 0.15) is 12.1 Å². The van der Waals surface area contributed by atoms with Crippen LogP contribution in [0.25, 0.3) is 10.9 Å². The van der Waals surface area contributed by atoms with E-state index in [9.17, 15) is 0 Å². The maximum Gasteiger partial charge on any atom is 0.139 e. The number of nitrogens with zero attached hydrogens (tertiary/aromatic N) is 3. The second-order valence-corrected chi connectivity index (χ2v) is 5.68. The number of amidine groups is 1.